The van der Waals surface area contributed by atoms with Crippen molar-refractivity contribution < 1.29 is 28.8 Å². The monoisotopic (exact) mass is 1430 g/mol. The second-order valence-electron chi connectivity index (χ2n) is 29.6. The van der Waals surface area contributed by atoms with Gasteiger partial charge in [-0.25, -0.2) is 0 Å². The molecule has 6 rings (SSSR count). The molecule has 0 amide bonds. The number of hydrogen-bond donors (Lipinski definition) is 6. The molecule has 2 saturated carbocycles. The van der Waals surface area contributed by atoms with Gasteiger partial charge in [-0.2, -0.15) is 0 Å². The van der Waals surface area contributed by atoms with Gasteiger partial charge in [-0.1, -0.05) is 237 Å². The average Bonchev–Trinajstić information content (AvgIpc) is 0.951. The van der Waals surface area contributed by atoms with Crippen LogP contribution < -0.4 is 31.9 Å². The molecule has 0 bridgehead atoms. The highest BCUT2D eigenvalue weighted by Gasteiger charge is 2.33. The SMILES string of the molecule is C.C.C.C.C.C.C.CC(C)NC(C(=O)C(C)C)C1CCCC1.CC(C)NC(C(=O)C(C)C)C1CCCCC1.CC(C)NC(C(=O)C(C)C)c1ccccc1.CC(C)NC(C(=O)C(C)C)c1ccccn1.CC(C)NC(C(=O)C(C)C)c1cccnc1.CC(C)NC(C(=O)C(C)C)c1ccncc1. The second kappa shape index (κ2) is 59.7. The van der Waals surface area contributed by atoms with Gasteiger partial charge in [0.05, 0.1) is 35.9 Å². The molecule has 1 aromatic carbocycles. The predicted octanol–water partition coefficient (Wildman–Crippen LogP) is 20.4. The van der Waals surface area contributed by atoms with Gasteiger partial charge >= 0.3 is 0 Å². The van der Waals surface area contributed by atoms with Crippen LogP contribution in [0.2, 0.25) is 0 Å². The summed E-state index contributed by atoms with van der Waals surface area (Å²) >= 11 is 0. The summed E-state index contributed by atoms with van der Waals surface area (Å²) in [6.07, 6.45) is 20.1. The van der Waals surface area contributed by atoms with Crippen LogP contribution in [0.1, 0.15) is 322 Å². The minimum Gasteiger partial charge on any atom is -0.305 e. The summed E-state index contributed by atoms with van der Waals surface area (Å²) in [5.74, 6) is 3.26. The molecule has 2 fully saturated rings. The molecule has 102 heavy (non-hydrogen) atoms. The van der Waals surface area contributed by atoms with Crippen LogP contribution in [0.15, 0.2) is 104 Å². The number of hydrogen-bond acceptors (Lipinski definition) is 15. The Labute approximate surface area is 629 Å². The maximum absolute atomic E-state index is 12.2. The van der Waals surface area contributed by atoms with Crippen molar-refractivity contribution in [2.24, 2.45) is 47.3 Å². The van der Waals surface area contributed by atoms with Gasteiger partial charge in [-0.05, 0) is 140 Å². The predicted molar refractivity (Wildman–Crippen MR) is 442 cm³/mol. The van der Waals surface area contributed by atoms with Gasteiger partial charge in [-0.15, -0.1) is 0 Å². The fourth-order valence-corrected chi connectivity index (χ4v) is 11.4. The lowest BCUT2D eigenvalue weighted by atomic mass is 9.80. The number of pyridine rings is 3. The topological polar surface area (TPSA) is 213 Å². The molecule has 0 radical (unpaired) electrons. The number of nitrogens with one attached hydrogen (secondary N) is 6. The maximum atomic E-state index is 12.2. The van der Waals surface area contributed by atoms with E-state index in [2.05, 4.69) is 88.4 Å². The number of benzene rings is 1. The van der Waals surface area contributed by atoms with E-state index in [1.807, 2.05) is 197 Å². The lowest BCUT2D eigenvalue weighted by Gasteiger charge is -2.32. The standard InChI is InChI=1S/C14H27NO.C14H21NO.3C13H20N2O.C13H25NO.7CH4/c2*1-10(2)14(16)13(15-11(3)4)12-8-6-5-7-9-12;1-9(2)13(16)12(15-10(3)4)11-5-7-14-8-6-11;1-9(2)13(16)12(15-10(3)4)11-6-5-7-14-8-11;1-9(2)13(16)12(15-10(3)4)11-7-5-6-8-14-11;1-9(2)13(15)12(14-10(3)4)11-7-5-6-8-11;;;;;;;/h10-13,15H,5-9H2,1-4H3;5-11,13,15H,1-4H3;3*5-10,12,15H,1-4H3;9-12,14H,5-8H2,1-4H3;7*1H4. The van der Waals surface area contributed by atoms with Gasteiger partial charge < -0.3 is 31.9 Å². The van der Waals surface area contributed by atoms with Crippen molar-refractivity contribution in [1.82, 2.24) is 46.9 Å². The van der Waals surface area contributed by atoms with E-state index < -0.39 is 0 Å². The molecular formula is C87H161N9O6. The molecule has 15 heteroatoms. The van der Waals surface area contributed by atoms with Crippen LogP contribution in [0, 0.1) is 47.3 Å². The number of rotatable bonds is 30. The van der Waals surface area contributed by atoms with Crippen molar-refractivity contribution in [3.05, 3.63) is 126 Å². The molecule has 3 heterocycles. The summed E-state index contributed by atoms with van der Waals surface area (Å²) in [4.78, 5) is 85.0. The van der Waals surface area contributed by atoms with Gasteiger partial charge in [0.15, 0.2) is 34.7 Å². The second-order valence-corrected chi connectivity index (χ2v) is 29.6. The van der Waals surface area contributed by atoms with Crippen molar-refractivity contribution in [2.45, 2.75) is 348 Å². The van der Waals surface area contributed by atoms with Gasteiger partial charge in [0, 0.05) is 103 Å². The van der Waals surface area contributed by atoms with Crippen LogP contribution in [0.5, 0.6) is 0 Å². The van der Waals surface area contributed by atoms with Crippen molar-refractivity contribution in [1.29, 1.82) is 0 Å². The molecule has 6 N–H and O–H groups in total. The highest BCUT2D eigenvalue weighted by atomic mass is 16.2. The first-order chi connectivity index (χ1) is 44.6. The van der Waals surface area contributed by atoms with Crippen LogP contribution in [0.3, 0.4) is 0 Å². The fraction of sp³-hybridized carbons (Fsp3) is 0.690. The first-order valence-corrected chi connectivity index (χ1v) is 36.2. The number of ketones is 6. The van der Waals surface area contributed by atoms with Crippen molar-refractivity contribution >= 4 is 34.7 Å². The summed E-state index contributed by atoms with van der Waals surface area (Å²) in [6.45, 7) is 48.3. The Morgan fingerprint density at radius 2 is 0.588 bits per heavy atom. The number of carbonyl (C=O) groups is 6. The van der Waals surface area contributed by atoms with Crippen LogP contribution in [0.25, 0.3) is 0 Å². The summed E-state index contributed by atoms with van der Waals surface area (Å²) in [5, 5.41) is 20.1. The smallest absolute Gasteiger partial charge is 0.158 e. The highest BCUT2D eigenvalue weighted by Crippen LogP contribution is 2.31. The Morgan fingerprint density at radius 3 is 0.892 bits per heavy atom. The van der Waals surface area contributed by atoms with E-state index in [1.54, 1.807) is 31.0 Å². The number of carbonyl (C=O) groups excluding carboxylic acids is 6. The van der Waals surface area contributed by atoms with E-state index in [0.717, 1.165) is 22.4 Å². The highest BCUT2D eigenvalue weighted by molar-refractivity contribution is 5.89. The minimum absolute atomic E-state index is 0. The van der Waals surface area contributed by atoms with Gasteiger partial charge in [0.25, 0.3) is 0 Å². The van der Waals surface area contributed by atoms with Crippen molar-refractivity contribution in [3.63, 3.8) is 0 Å². The number of aromatic nitrogens is 3. The summed E-state index contributed by atoms with van der Waals surface area (Å²) in [5.41, 5.74) is 3.78. The normalized spacial score (nSPS) is 14.4. The zero-order valence-corrected chi connectivity index (χ0v) is 63.5. The van der Waals surface area contributed by atoms with E-state index in [1.165, 1.54) is 57.8 Å². The molecule has 6 unspecified atom stereocenters. The molecule has 2 aliphatic rings. The molecule has 3 aromatic heterocycles. The van der Waals surface area contributed by atoms with E-state index in [4.69, 9.17) is 0 Å². The third-order valence-electron chi connectivity index (χ3n) is 16.4. The molecule has 6 atom stereocenters. The molecule has 4 aromatic rings. The molecule has 0 aliphatic heterocycles. The Balaban J connectivity index is -0.000000210. The van der Waals surface area contributed by atoms with Crippen LogP contribution in [0.4, 0.5) is 0 Å². The minimum atomic E-state index is -0.291. The maximum Gasteiger partial charge on any atom is 0.158 e. The van der Waals surface area contributed by atoms with Crippen LogP contribution >= 0.6 is 0 Å². The molecule has 0 spiro atoms. The van der Waals surface area contributed by atoms with Crippen LogP contribution in [-0.4, -0.2) is 98.0 Å². The summed E-state index contributed by atoms with van der Waals surface area (Å²) < 4.78 is 0. The van der Waals surface area contributed by atoms with E-state index in [-0.39, 0.29) is 165 Å². The zero-order chi connectivity index (χ0) is 72.1. The van der Waals surface area contributed by atoms with Gasteiger partial charge in [0.1, 0.15) is 6.04 Å². The van der Waals surface area contributed by atoms with E-state index >= 15 is 0 Å². The first kappa shape index (κ1) is 110. The largest absolute Gasteiger partial charge is 0.305 e. The Morgan fingerprint density at radius 1 is 0.294 bits per heavy atom. The average molecular weight is 1430 g/mol. The van der Waals surface area contributed by atoms with Crippen molar-refractivity contribution in [2.75, 3.05) is 0 Å². The van der Waals surface area contributed by atoms with E-state index in [9.17, 15) is 28.8 Å². The molecule has 2 aliphatic carbocycles. The number of nitrogens with zero attached hydrogens (tertiary/aromatic N) is 3. The quantitative estimate of drug-likeness (QED) is 0.0287. The molecule has 0 saturated heterocycles. The van der Waals surface area contributed by atoms with Gasteiger partial charge in [0.2, 0.25) is 0 Å². The third kappa shape index (κ3) is 43.7. The molecular weight excluding hydrogens is 1270 g/mol. The Bertz CT molecular complexity index is 2430. The molecule has 15 nitrogen and oxygen atoms in total. The number of Topliss-reactive ketones (excluding diaryl/α,β-unsaturated/α-hetero) is 6. The Hall–Kier alpha value is -5.55. The Kier molecular flexibility index (Phi) is 64.3. The molecule has 590 valence electrons. The summed E-state index contributed by atoms with van der Waals surface area (Å²) in [6, 6.07) is 24.3. The van der Waals surface area contributed by atoms with Crippen molar-refractivity contribution in [3.8, 4) is 0 Å². The zero-order valence-electron chi connectivity index (χ0n) is 63.5. The lowest BCUT2D eigenvalue weighted by molar-refractivity contribution is -0.126. The summed E-state index contributed by atoms with van der Waals surface area (Å²) in [7, 11) is 0. The van der Waals surface area contributed by atoms with Gasteiger partial charge in [-0.3, -0.25) is 43.7 Å². The third-order valence-corrected chi connectivity index (χ3v) is 16.4. The fourth-order valence-electron chi connectivity index (χ4n) is 11.4. The lowest BCUT2D eigenvalue weighted by Crippen LogP contribution is -2.48. The van der Waals surface area contributed by atoms with E-state index in [0.29, 0.717) is 41.5 Å². The first-order valence-electron chi connectivity index (χ1n) is 36.2. The van der Waals surface area contributed by atoms with Crippen LogP contribution in [-0.2, 0) is 28.8 Å².